The second-order valence-electron chi connectivity index (χ2n) is 11.9. The molecule has 0 radical (unpaired) electrons. The highest BCUT2D eigenvalue weighted by atomic mass is 16.2. The van der Waals surface area contributed by atoms with Crippen molar-refractivity contribution < 1.29 is 9.59 Å². The van der Waals surface area contributed by atoms with Crippen molar-refractivity contribution in [2.45, 2.75) is 71.8 Å². The second-order valence-corrected chi connectivity index (χ2v) is 11.9. The van der Waals surface area contributed by atoms with Crippen molar-refractivity contribution in [2.24, 2.45) is 21.6 Å². The largest absolute Gasteiger partial charge is 0.335 e. The van der Waals surface area contributed by atoms with Gasteiger partial charge >= 0.3 is 0 Å². The number of carbonyl (C=O) groups is 2. The molecule has 0 atom stereocenters. The van der Waals surface area contributed by atoms with Crippen LogP contribution >= 0.6 is 0 Å². The number of nitrogens with one attached hydrogen (secondary N) is 3. The number of rotatable bonds is 10. The van der Waals surface area contributed by atoms with Gasteiger partial charge in [0.1, 0.15) is 0 Å². The van der Waals surface area contributed by atoms with E-state index in [1.807, 2.05) is 47.4 Å². The van der Waals surface area contributed by atoms with Crippen LogP contribution < -0.4 is 5.32 Å². The third-order valence-electron chi connectivity index (χ3n) is 8.17. The molecule has 3 aromatic rings. The van der Waals surface area contributed by atoms with Crippen LogP contribution in [0.2, 0.25) is 0 Å². The molecule has 1 aliphatic rings. The molecule has 41 heavy (non-hydrogen) atoms. The first-order chi connectivity index (χ1) is 19.7. The third kappa shape index (κ3) is 7.93. The average molecular weight is 553 g/mol. The zero-order valence-electron chi connectivity index (χ0n) is 24.1. The van der Waals surface area contributed by atoms with E-state index < -0.39 is 12.2 Å². The summed E-state index contributed by atoms with van der Waals surface area (Å²) in [6.07, 6.45) is 3.29. The number of hydrogen-bond acceptors (Lipinski definition) is 6. The first kappa shape index (κ1) is 29.8. The van der Waals surface area contributed by atoms with Gasteiger partial charge in [-0.2, -0.15) is 0 Å². The summed E-state index contributed by atoms with van der Waals surface area (Å²) >= 11 is 0. The highest BCUT2D eigenvalue weighted by Gasteiger charge is 2.33. The van der Waals surface area contributed by atoms with Crippen molar-refractivity contribution in [1.29, 1.82) is 11.1 Å². The van der Waals surface area contributed by atoms with Gasteiger partial charge in [0.2, 0.25) is 5.91 Å². The lowest BCUT2D eigenvalue weighted by Crippen LogP contribution is -2.43. The summed E-state index contributed by atoms with van der Waals surface area (Å²) in [4.78, 5) is 28.3. The monoisotopic (exact) mass is 552 g/mol. The Labute approximate surface area is 242 Å². The number of amides is 2. The summed E-state index contributed by atoms with van der Waals surface area (Å²) in [5.41, 5.74) is 18.9. The molecule has 1 aliphatic carbocycles. The molecule has 3 aromatic carbocycles. The quantitative estimate of drug-likeness (QED) is 0.224. The maximum atomic E-state index is 13.8. The van der Waals surface area contributed by atoms with E-state index in [2.05, 4.69) is 60.6 Å². The average Bonchev–Trinajstić information content (AvgIpc) is 2.99. The zero-order valence-corrected chi connectivity index (χ0v) is 24.1. The van der Waals surface area contributed by atoms with E-state index in [0.717, 1.165) is 47.9 Å². The Hall–Kier alpha value is -4.20. The Morgan fingerprint density at radius 3 is 1.95 bits per heavy atom. The molecule has 8 nitrogen and oxygen atoms in total. The minimum Gasteiger partial charge on any atom is -0.335 e. The van der Waals surface area contributed by atoms with Crippen molar-refractivity contribution in [3.05, 3.63) is 95.6 Å². The van der Waals surface area contributed by atoms with Crippen LogP contribution in [0.15, 0.2) is 89.1 Å². The van der Waals surface area contributed by atoms with Gasteiger partial charge in [-0.25, -0.2) is 11.1 Å². The summed E-state index contributed by atoms with van der Waals surface area (Å²) in [5.74, 6) is 0.296. The van der Waals surface area contributed by atoms with Crippen LogP contribution in [0.3, 0.4) is 0 Å². The van der Waals surface area contributed by atoms with Gasteiger partial charge in [-0.05, 0) is 71.4 Å². The van der Waals surface area contributed by atoms with Gasteiger partial charge in [0.25, 0.3) is 12.2 Å². The molecule has 0 unspecified atom stereocenters. The fourth-order valence-electron chi connectivity index (χ4n) is 5.65. The molecular weight excluding hydrogens is 512 g/mol. The highest BCUT2D eigenvalue weighted by Crippen LogP contribution is 2.39. The standard InChI is InChI=1S/C33H40N6O2/c1-33(2,3)28-17-19-29(20-18-28)39(22-24-11-15-27(16-12-24)31(41)36-32(37-34)38-35)30(40)21-23-9-13-26(14-10-23)25-7-5-4-6-8-25/h4-16,28-29,32,34-35H,17-22H2,1-3H3,(H,36,41). The normalized spacial score (nSPS) is 17.7. The summed E-state index contributed by atoms with van der Waals surface area (Å²) in [7, 11) is 0. The molecule has 0 aromatic heterocycles. The van der Waals surface area contributed by atoms with Gasteiger partial charge < -0.3 is 10.2 Å². The van der Waals surface area contributed by atoms with Crippen molar-refractivity contribution >= 4 is 11.8 Å². The van der Waals surface area contributed by atoms with E-state index in [1.54, 1.807) is 12.1 Å². The van der Waals surface area contributed by atoms with Gasteiger partial charge in [-0.3, -0.25) is 9.59 Å². The van der Waals surface area contributed by atoms with Gasteiger partial charge in [0.05, 0.1) is 6.42 Å². The lowest BCUT2D eigenvalue weighted by Gasteiger charge is -2.41. The van der Waals surface area contributed by atoms with E-state index in [9.17, 15) is 9.59 Å². The molecule has 8 heteroatoms. The van der Waals surface area contributed by atoms with Crippen molar-refractivity contribution in [3.8, 4) is 11.1 Å². The molecule has 3 N–H and O–H groups in total. The minimum absolute atomic E-state index is 0.107. The van der Waals surface area contributed by atoms with Gasteiger partial charge in [-0.15, -0.1) is 10.2 Å². The fraction of sp³-hybridized carbons (Fsp3) is 0.394. The molecule has 2 amide bonds. The molecule has 0 aliphatic heterocycles. The maximum absolute atomic E-state index is 13.8. The van der Waals surface area contributed by atoms with E-state index in [1.165, 1.54) is 0 Å². The fourth-order valence-corrected chi connectivity index (χ4v) is 5.65. The Bertz CT molecular complexity index is 1320. The Balaban J connectivity index is 1.49. The lowest BCUT2D eigenvalue weighted by atomic mass is 9.71. The van der Waals surface area contributed by atoms with Crippen molar-refractivity contribution in [1.82, 2.24) is 10.2 Å². The summed E-state index contributed by atoms with van der Waals surface area (Å²) in [6, 6.07) is 25.7. The molecule has 0 heterocycles. The number of benzene rings is 3. The Morgan fingerprint density at radius 1 is 0.829 bits per heavy atom. The van der Waals surface area contributed by atoms with Crippen molar-refractivity contribution in [3.63, 3.8) is 0 Å². The molecule has 1 fully saturated rings. The molecule has 0 saturated heterocycles. The van der Waals surface area contributed by atoms with Gasteiger partial charge in [0.15, 0.2) is 0 Å². The Kier molecular flexibility index (Phi) is 9.76. The number of carbonyl (C=O) groups excluding carboxylic acids is 2. The molecule has 1 saturated carbocycles. The molecule has 0 bridgehead atoms. The first-order valence-electron chi connectivity index (χ1n) is 14.2. The lowest BCUT2D eigenvalue weighted by molar-refractivity contribution is -0.134. The van der Waals surface area contributed by atoms with E-state index in [0.29, 0.717) is 24.4 Å². The molecular formula is C33H40N6O2. The van der Waals surface area contributed by atoms with E-state index in [-0.39, 0.29) is 17.4 Å². The zero-order chi connectivity index (χ0) is 29.4. The summed E-state index contributed by atoms with van der Waals surface area (Å²) in [6.45, 7) is 7.38. The van der Waals surface area contributed by atoms with Gasteiger partial charge in [0, 0.05) is 18.2 Å². The third-order valence-corrected chi connectivity index (χ3v) is 8.17. The number of hydrogen-bond donors (Lipinski definition) is 3. The van der Waals surface area contributed by atoms with Crippen LogP contribution in [-0.2, 0) is 17.8 Å². The molecule has 214 valence electrons. The predicted molar refractivity (Wildman–Crippen MR) is 159 cm³/mol. The van der Waals surface area contributed by atoms with Crippen LogP contribution in [0.25, 0.3) is 11.1 Å². The van der Waals surface area contributed by atoms with Crippen LogP contribution in [-0.4, -0.2) is 29.0 Å². The Morgan fingerprint density at radius 2 is 1.39 bits per heavy atom. The summed E-state index contributed by atoms with van der Waals surface area (Å²) < 4.78 is 0. The van der Waals surface area contributed by atoms with Crippen LogP contribution in [0.1, 0.15) is 67.9 Å². The SMILES string of the molecule is CC(C)(C)C1CCC(N(Cc2ccc(C(=O)NC(N=N)N=N)cc2)C(=O)Cc2ccc(-c3ccccc3)cc2)CC1. The maximum Gasteiger partial charge on any atom is 0.254 e. The van der Waals surface area contributed by atoms with Gasteiger partial charge in [-0.1, -0.05) is 87.5 Å². The van der Waals surface area contributed by atoms with Crippen LogP contribution in [0.5, 0.6) is 0 Å². The smallest absolute Gasteiger partial charge is 0.254 e. The number of nitrogens with zero attached hydrogens (tertiary/aromatic N) is 3. The molecule has 4 rings (SSSR count). The van der Waals surface area contributed by atoms with E-state index >= 15 is 0 Å². The van der Waals surface area contributed by atoms with E-state index in [4.69, 9.17) is 11.1 Å². The molecule has 0 spiro atoms. The second kappa shape index (κ2) is 13.4. The predicted octanol–water partition coefficient (Wildman–Crippen LogP) is 7.61. The topological polar surface area (TPSA) is 122 Å². The first-order valence-corrected chi connectivity index (χ1v) is 14.2. The minimum atomic E-state index is -1.22. The van der Waals surface area contributed by atoms with Crippen molar-refractivity contribution in [2.75, 3.05) is 0 Å². The van der Waals surface area contributed by atoms with Crippen LogP contribution in [0.4, 0.5) is 0 Å². The highest BCUT2D eigenvalue weighted by molar-refractivity contribution is 5.94. The summed E-state index contributed by atoms with van der Waals surface area (Å²) in [5, 5.41) is 8.60. The van der Waals surface area contributed by atoms with Crippen LogP contribution in [0, 0.1) is 22.4 Å².